The molecule has 0 radical (unpaired) electrons. The molecule has 0 spiro atoms. The third kappa shape index (κ3) is 4.44. The van der Waals surface area contributed by atoms with Crippen LogP contribution in [-0.2, 0) is 13.0 Å². The Morgan fingerprint density at radius 2 is 2.00 bits per heavy atom. The minimum atomic E-state index is -0.161. The Morgan fingerprint density at radius 3 is 2.79 bits per heavy atom. The van der Waals surface area contributed by atoms with Crippen LogP contribution in [0.4, 0.5) is 4.39 Å². The Morgan fingerprint density at radius 1 is 1.16 bits per heavy atom. The molecule has 0 aliphatic carbocycles. The monoisotopic (exact) mass is 321 g/mol. The van der Waals surface area contributed by atoms with Crippen molar-refractivity contribution < 1.29 is 4.39 Å². The second-order valence-corrected chi connectivity index (χ2v) is 5.57. The van der Waals surface area contributed by atoms with Crippen molar-refractivity contribution >= 4 is 15.9 Å². The van der Waals surface area contributed by atoms with Gasteiger partial charge in [0.1, 0.15) is 5.82 Å². The van der Waals surface area contributed by atoms with Crippen LogP contribution in [-0.4, -0.2) is 6.54 Å². The minimum Gasteiger partial charge on any atom is -0.312 e. The molecule has 0 fully saturated rings. The SMILES string of the molecule is Cc1cccc(CCNCc2cc(Br)ccc2F)c1. The minimum absolute atomic E-state index is 0.161. The molecule has 0 saturated carbocycles. The van der Waals surface area contributed by atoms with Gasteiger partial charge in [-0.05, 0) is 43.7 Å². The van der Waals surface area contributed by atoms with Crippen LogP contribution in [0.5, 0.6) is 0 Å². The zero-order valence-corrected chi connectivity index (χ0v) is 12.5. The predicted molar refractivity (Wildman–Crippen MR) is 80.7 cm³/mol. The summed E-state index contributed by atoms with van der Waals surface area (Å²) in [6.45, 7) is 3.49. The van der Waals surface area contributed by atoms with Gasteiger partial charge in [-0.1, -0.05) is 45.8 Å². The fourth-order valence-electron chi connectivity index (χ4n) is 2.00. The van der Waals surface area contributed by atoms with Gasteiger partial charge in [-0.25, -0.2) is 4.39 Å². The molecule has 0 amide bonds. The second kappa shape index (κ2) is 6.83. The van der Waals surface area contributed by atoms with Gasteiger partial charge in [0.05, 0.1) is 0 Å². The summed E-state index contributed by atoms with van der Waals surface area (Å²) in [7, 11) is 0. The van der Waals surface area contributed by atoms with Crippen molar-refractivity contribution in [3.63, 3.8) is 0 Å². The van der Waals surface area contributed by atoms with Crippen LogP contribution < -0.4 is 5.32 Å². The van der Waals surface area contributed by atoms with Crippen molar-refractivity contribution in [3.05, 3.63) is 69.4 Å². The lowest BCUT2D eigenvalue weighted by atomic mass is 10.1. The Hall–Kier alpha value is -1.19. The highest BCUT2D eigenvalue weighted by Gasteiger charge is 2.02. The summed E-state index contributed by atoms with van der Waals surface area (Å²) < 4.78 is 14.4. The summed E-state index contributed by atoms with van der Waals surface area (Å²) in [4.78, 5) is 0. The molecule has 100 valence electrons. The molecule has 0 unspecified atom stereocenters. The first-order valence-corrected chi connectivity index (χ1v) is 7.14. The molecule has 2 rings (SSSR count). The molecule has 0 bridgehead atoms. The lowest BCUT2D eigenvalue weighted by Crippen LogP contribution is -2.17. The molecule has 0 aliphatic rings. The van der Waals surface area contributed by atoms with Crippen molar-refractivity contribution in [3.8, 4) is 0 Å². The molecule has 0 aromatic heterocycles. The average molecular weight is 322 g/mol. The lowest BCUT2D eigenvalue weighted by molar-refractivity contribution is 0.588. The third-order valence-corrected chi connectivity index (χ3v) is 3.49. The highest BCUT2D eigenvalue weighted by atomic mass is 79.9. The van der Waals surface area contributed by atoms with E-state index >= 15 is 0 Å². The standard InChI is InChI=1S/C16H17BrFN/c1-12-3-2-4-13(9-12)7-8-19-11-14-10-15(17)5-6-16(14)18/h2-6,9-10,19H,7-8,11H2,1H3. The molecule has 19 heavy (non-hydrogen) atoms. The first kappa shape index (κ1) is 14.2. The van der Waals surface area contributed by atoms with Gasteiger partial charge < -0.3 is 5.32 Å². The first-order chi connectivity index (χ1) is 9.15. The van der Waals surface area contributed by atoms with Gasteiger partial charge in [-0.3, -0.25) is 0 Å². The Labute approximate surface area is 122 Å². The Bertz CT molecular complexity index is 554. The van der Waals surface area contributed by atoms with Crippen molar-refractivity contribution in [2.45, 2.75) is 19.9 Å². The third-order valence-electron chi connectivity index (χ3n) is 3.00. The molecule has 0 heterocycles. The van der Waals surface area contributed by atoms with Gasteiger partial charge >= 0.3 is 0 Å². The van der Waals surface area contributed by atoms with E-state index in [1.807, 2.05) is 6.07 Å². The fourth-order valence-corrected chi connectivity index (χ4v) is 2.41. The van der Waals surface area contributed by atoms with E-state index in [0.717, 1.165) is 17.4 Å². The molecule has 1 N–H and O–H groups in total. The summed E-state index contributed by atoms with van der Waals surface area (Å²) >= 11 is 3.36. The fraction of sp³-hybridized carbons (Fsp3) is 0.250. The normalized spacial score (nSPS) is 10.7. The van der Waals surface area contributed by atoms with Crippen LogP contribution >= 0.6 is 15.9 Å². The zero-order valence-electron chi connectivity index (χ0n) is 10.9. The smallest absolute Gasteiger partial charge is 0.127 e. The summed E-state index contributed by atoms with van der Waals surface area (Å²) in [5.74, 6) is -0.161. The van der Waals surface area contributed by atoms with Crippen molar-refractivity contribution in [1.29, 1.82) is 0 Å². The van der Waals surface area contributed by atoms with E-state index in [0.29, 0.717) is 12.1 Å². The summed E-state index contributed by atoms with van der Waals surface area (Å²) in [6.07, 6.45) is 0.956. The maximum atomic E-state index is 13.5. The van der Waals surface area contributed by atoms with Gasteiger partial charge in [0.2, 0.25) is 0 Å². The molecule has 2 aromatic carbocycles. The number of hydrogen-bond acceptors (Lipinski definition) is 1. The first-order valence-electron chi connectivity index (χ1n) is 6.35. The molecular formula is C16H17BrFN. The van der Waals surface area contributed by atoms with E-state index in [2.05, 4.69) is 52.4 Å². The Kier molecular flexibility index (Phi) is 5.11. The molecule has 3 heteroatoms. The number of rotatable bonds is 5. The van der Waals surface area contributed by atoms with Gasteiger partial charge in [0.15, 0.2) is 0 Å². The zero-order chi connectivity index (χ0) is 13.7. The number of nitrogens with one attached hydrogen (secondary N) is 1. The molecule has 1 nitrogen and oxygen atoms in total. The summed E-state index contributed by atoms with van der Waals surface area (Å²) in [6, 6.07) is 13.5. The van der Waals surface area contributed by atoms with Crippen LogP contribution in [0, 0.1) is 12.7 Å². The van der Waals surface area contributed by atoms with E-state index in [-0.39, 0.29) is 5.82 Å². The van der Waals surface area contributed by atoms with Crippen LogP contribution in [0.2, 0.25) is 0 Å². The molecule has 0 aliphatic heterocycles. The molecule has 0 atom stereocenters. The van der Waals surface area contributed by atoms with Crippen LogP contribution in [0.1, 0.15) is 16.7 Å². The van der Waals surface area contributed by atoms with E-state index in [4.69, 9.17) is 0 Å². The van der Waals surface area contributed by atoms with Gasteiger partial charge in [0, 0.05) is 16.6 Å². The topological polar surface area (TPSA) is 12.0 Å². The lowest BCUT2D eigenvalue weighted by Gasteiger charge is -2.07. The van der Waals surface area contributed by atoms with E-state index in [9.17, 15) is 4.39 Å². The molecule has 0 saturated heterocycles. The number of hydrogen-bond donors (Lipinski definition) is 1. The van der Waals surface area contributed by atoms with E-state index in [1.54, 1.807) is 6.07 Å². The average Bonchev–Trinajstić information content (AvgIpc) is 2.39. The maximum Gasteiger partial charge on any atom is 0.127 e. The summed E-state index contributed by atoms with van der Waals surface area (Å²) in [5, 5.41) is 3.28. The number of benzene rings is 2. The number of aryl methyl sites for hydroxylation is 1. The summed E-state index contributed by atoms with van der Waals surface area (Å²) in [5.41, 5.74) is 3.27. The van der Waals surface area contributed by atoms with Crippen molar-refractivity contribution in [2.75, 3.05) is 6.54 Å². The van der Waals surface area contributed by atoms with E-state index < -0.39 is 0 Å². The van der Waals surface area contributed by atoms with Crippen LogP contribution in [0.3, 0.4) is 0 Å². The van der Waals surface area contributed by atoms with Gasteiger partial charge in [0.25, 0.3) is 0 Å². The predicted octanol–water partition coefficient (Wildman–Crippen LogP) is 4.23. The Balaban J connectivity index is 1.82. The van der Waals surface area contributed by atoms with Gasteiger partial charge in [-0.2, -0.15) is 0 Å². The molecule has 2 aromatic rings. The molecular weight excluding hydrogens is 305 g/mol. The van der Waals surface area contributed by atoms with Crippen LogP contribution in [0.25, 0.3) is 0 Å². The van der Waals surface area contributed by atoms with Gasteiger partial charge in [-0.15, -0.1) is 0 Å². The quantitative estimate of drug-likeness (QED) is 0.813. The largest absolute Gasteiger partial charge is 0.312 e. The highest BCUT2D eigenvalue weighted by Crippen LogP contribution is 2.15. The van der Waals surface area contributed by atoms with Crippen molar-refractivity contribution in [1.82, 2.24) is 5.32 Å². The second-order valence-electron chi connectivity index (χ2n) is 4.65. The number of halogens is 2. The highest BCUT2D eigenvalue weighted by molar-refractivity contribution is 9.10. The van der Waals surface area contributed by atoms with Crippen LogP contribution in [0.15, 0.2) is 46.9 Å². The maximum absolute atomic E-state index is 13.5. The van der Waals surface area contributed by atoms with E-state index in [1.165, 1.54) is 17.2 Å². The van der Waals surface area contributed by atoms with Crippen molar-refractivity contribution in [2.24, 2.45) is 0 Å².